The van der Waals surface area contributed by atoms with Crippen molar-refractivity contribution in [2.24, 2.45) is 5.10 Å². The fourth-order valence-electron chi connectivity index (χ4n) is 1.61. The van der Waals surface area contributed by atoms with Crippen LogP contribution < -0.4 is 5.43 Å². The quantitative estimate of drug-likeness (QED) is 0.680. The van der Waals surface area contributed by atoms with E-state index in [1.165, 1.54) is 0 Å². The van der Waals surface area contributed by atoms with E-state index in [2.05, 4.69) is 26.5 Å². The maximum Gasteiger partial charge on any atom is 0.274 e. The predicted molar refractivity (Wildman–Crippen MR) is 79.9 cm³/mol. The Kier molecular flexibility index (Phi) is 4.21. The largest absolute Gasteiger partial charge is 0.466 e. The van der Waals surface area contributed by atoms with Crippen LogP contribution in [0.2, 0.25) is 0 Å². The van der Waals surface area contributed by atoms with Crippen LogP contribution in [-0.4, -0.2) is 11.6 Å². The summed E-state index contributed by atoms with van der Waals surface area (Å²) in [6.07, 6.45) is 0. The molecule has 0 spiro atoms. The molecule has 4 nitrogen and oxygen atoms in total. The van der Waals surface area contributed by atoms with Gasteiger partial charge in [0.1, 0.15) is 11.5 Å². The van der Waals surface area contributed by atoms with E-state index in [1.54, 1.807) is 24.3 Å². The van der Waals surface area contributed by atoms with Gasteiger partial charge in [-0.05, 0) is 54.9 Å². The summed E-state index contributed by atoms with van der Waals surface area (Å²) in [4.78, 5) is 12.9. The van der Waals surface area contributed by atoms with Crippen molar-refractivity contribution in [2.75, 3.05) is 0 Å². The molecule has 2 aromatic heterocycles. The third kappa shape index (κ3) is 3.33. The number of hydrazone groups is 1. The van der Waals surface area contributed by atoms with Crippen LogP contribution in [0, 0.1) is 13.8 Å². The van der Waals surface area contributed by atoms with E-state index in [4.69, 9.17) is 4.42 Å². The van der Waals surface area contributed by atoms with Crippen molar-refractivity contribution in [3.05, 3.63) is 43.9 Å². The molecule has 0 unspecified atom stereocenters. The molecule has 2 aromatic rings. The highest BCUT2D eigenvalue weighted by Gasteiger charge is 2.13. The van der Waals surface area contributed by atoms with Crippen molar-refractivity contribution < 1.29 is 9.21 Å². The van der Waals surface area contributed by atoms with Crippen LogP contribution in [0.15, 0.2) is 31.5 Å². The molecule has 0 aliphatic heterocycles. The van der Waals surface area contributed by atoms with Gasteiger partial charge in [-0.1, -0.05) is 0 Å². The molecule has 0 radical (unpaired) electrons. The molecule has 0 saturated heterocycles. The number of furan rings is 1. The van der Waals surface area contributed by atoms with Gasteiger partial charge in [-0.2, -0.15) is 5.10 Å². The summed E-state index contributed by atoms with van der Waals surface area (Å²) in [6, 6.07) is 5.61. The zero-order chi connectivity index (χ0) is 14.0. The number of thiophene rings is 1. The van der Waals surface area contributed by atoms with Gasteiger partial charge >= 0.3 is 0 Å². The molecule has 0 aromatic carbocycles. The lowest BCUT2D eigenvalue weighted by atomic mass is 10.2. The number of nitrogens with one attached hydrogen (secondary N) is 1. The Morgan fingerprint density at radius 3 is 2.68 bits per heavy atom. The van der Waals surface area contributed by atoms with Gasteiger partial charge in [0.25, 0.3) is 5.91 Å². The van der Waals surface area contributed by atoms with Gasteiger partial charge in [0.15, 0.2) is 0 Å². The van der Waals surface area contributed by atoms with E-state index in [1.807, 2.05) is 26.0 Å². The summed E-state index contributed by atoms with van der Waals surface area (Å²) >= 11 is 4.96. The highest BCUT2D eigenvalue weighted by Crippen LogP contribution is 2.22. The van der Waals surface area contributed by atoms with Gasteiger partial charge in [-0.15, -0.1) is 11.3 Å². The van der Waals surface area contributed by atoms with Crippen LogP contribution in [0.5, 0.6) is 0 Å². The smallest absolute Gasteiger partial charge is 0.274 e. The molecular formula is C13H13BrN2O2S. The van der Waals surface area contributed by atoms with Crippen LogP contribution in [0.4, 0.5) is 0 Å². The van der Waals surface area contributed by atoms with E-state index in [0.717, 1.165) is 14.4 Å². The van der Waals surface area contributed by atoms with Gasteiger partial charge in [0, 0.05) is 0 Å². The predicted octanol–water partition coefficient (Wildman–Crippen LogP) is 3.87. The maximum absolute atomic E-state index is 11.9. The van der Waals surface area contributed by atoms with Gasteiger partial charge in [0.2, 0.25) is 0 Å². The Balaban J connectivity index is 2.10. The Bertz CT molecular complexity index is 643. The normalized spacial score (nSPS) is 11.7. The van der Waals surface area contributed by atoms with Crippen molar-refractivity contribution >= 4 is 38.9 Å². The number of halogens is 1. The summed E-state index contributed by atoms with van der Waals surface area (Å²) in [5.74, 6) is 1.05. The highest BCUT2D eigenvalue weighted by atomic mass is 79.9. The molecule has 2 heterocycles. The van der Waals surface area contributed by atoms with E-state index in [9.17, 15) is 4.79 Å². The SMILES string of the molecule is C/C(=N\NC(=O)c1cc(C)oc1C)c1ccc(Br)s1. The Morgan fingerprint density at radius 2 is 2.16 bits per heavy atom. The lowest BCUT2D eigenvalue weighted by Gasteiger charge is -1.99. The number of carbonyl (C=O) groups excluding carboxylic acids is 1. The number of hydrogen-bond acceptors (Lipinski definition) is 4. The molecule has 0 bridgehead atoms. The van der Waals surface area contributed by atoms with E-state index >= 15 is 0 Å². The van der Waals surface area contributed by atoms with Crippen LogP contribution in [-0.2, 0) is 0 Å². The minimum absolute atomic E-state index is 0.260. The number of aryl methyl sites for hydroxylation is 2. The zero-order valence-electron chi connectivity index (χ0n) is 10.8. The number of hydrogen-bond donors (Lipinski definition) is 1. The molecule has 0 fully saturated rings. The van der Waals surface area contributed by atoms with Crippen LogP contribution in [0.25, 0.3) is 0 Å². The fraction of sp³-hybridized carbons (Fsp3) is 0.231. The lowest BCUT2D eigenvalue weighted by Crippen LogP contribution is -2.19. The molecule has 19 heavy (non-hydrogen) atoms. The minimum Gasteiger partial charge on any atom is -0.466 e. The summed E-state index contributed by atoms with van der Waals surface area (Å²) in [7, 11) is 0. The van der Waals surface area contributed by atoms with Gasteiger partial charge in [0.05, 0.1) is 19.9 Å². The summed E-state index contributed by atoms with van der Waals surface area (Å²) in [6.45, 7) is 5.42. The number of rotatable bonds is 3. The second-order valence-electron chi connectivity index (χ2n) is 4.07. The first kappa shape index (κ1) is 14.0. The van der Waals surface area contributed by atoms with Crippen molar-refractivity contribution in [2.45, 2.75) is 20.8 Å². The molecule has 1 N–H and O–H groups in total. The average Bonchev–Trinajstić information content (AvgIpc) is 2.92. The van der Waals surface area contributed by atoms with Crippen molar-refractivity contribution in [3.63, 3.8) is 0 Å². The van der Waals surface area contributed by atoms with Gasteiger partial charge in [-0.3, -0.25) is 4.79 Å². The van der Waals surface area contributed by atoms with Gasteiger partial charge < -0.3 is 4.42 Å². The van der Waals surface area contributed by atoms with Crippen LogP contribution in [0.1, 0.15) is 33.7 Å². The standard InChI is InChI=1S/C13H13BrN2O2S/c1-7-6-10(9(3)18-7)13(17)16-15-8(2)11-4-5-12(14)19-11/h4-6H,1-3H3,(H,16,17)/b15-8+. The summed E-state index contributed by atoms with van der Waals surface area (Å²) in [5.41, 5.74) is 3.82. The first-order valence-corrected chi connectivity index (χ1v) is 7.25. The molecule has 1 amide bonds. The lowest BCUT2D eigenvalue weighted by molar-refractivity contribution is 0.0953. The molecule has 0 saturated carbocycles. The highest BCUT2D eigenvalue weighted by molar-refractivity contribution is 9.11. The minimum atomic E-state index is -0.260. The Labute approximate surface area is 123 Å². The van der Waals surface area contributed by atoms with E-state index in [0.29, 0.717) is 17.1 Å². The van der Waals surface area contributed by atoms with Crippen molar-refractivity contribution in [3.8, 4) is 0 Å². The molecule has 6 heteroatoms. The fourth-order valence-corrected chi connectivity index (χ4v) is 2.95. The molecule has 0 aliphatic carbocycles. The Hall–Kier alpha value is -1.40. The third-order valence-corrected chi connectivity index (χ3v) is 4.27. The topological polar surface area (TPSA) is 54.6 Å². The van der Waals surface area contributed by atoms with E-state index < -0.39 is 0 Å². The molecule has 0 aliphatic rings. The van der Waals surface area contributed by atoms with Crippen LogP contribution in [0.3, 0.4) is 0 Å². The second-order valence-corrected chi connectivity index (χ2v) is 6.53. The number of nitrogens with zero attached hydrogens (tertiary/aromatic N) is 1. The zero-order valence-corrected chi connectivity index (χ0v) is 13.2. The maximum atomic E-state index is 11.9. The van der Waals surface area contributed by atoms with Crippen LogP contribution >= 0.6 is 27.3 Å². The van der Waals surface area contributed by atoms with Crippen molar-refractivity contribution in [1.82, 2.24) is 5.43 Å². The Morgan fingerprint density at radius 1 is 1.42 bits per heavy atom. The summed E-state index contributed by atoms with van der Waals surface area (Å²) < 4.78 is 6.35. The van der Waals surface area contributed by atoms with Crippen molar-refractivity contribution in [1.29, 1.82) is 0 Å². The third-order valence-electron chi connectivity index (χ3n) is 2.54. The first-order valence-electron chi connectivity index (χ1n) is 5.64. The van der Waals surface area contributed by atoms with Gasteiger partial charge in [-0.25, -0.2) is 5.43 Å². The molecule has 2 rings (SSSR count). The summed E-state index contributed by atoms with van der Waals surface area (Å²) in [5, 5.41) is 4.10. The first-order chi connectivity index (χ1) is 8.97. The molecular weight excluding hydrogens is 328 g/mol. The van der Waals surface area contributed by atoms with E-state index in [-0.39, 0.29) is 5.91 Å². The number of amides is 1. The second kappa shape index (κ2) is 5.71. The monoisotopic (exact) mass is 340 g/mol. The average molecular weight is 341 g/mol. The number of carbonyl (C=O) groups is 1. The molecule has 0 atom stereocenters. The molecule has 100 valence electrons.